The van der Waals surface area contributed by atoms with Gasteiger partial charge in [-0.05, 0) is 25.0 Å². The summed E-state index contributed by atoms with van der Waals surface area (Å²) in [6.45, 7) is 0.874. The number of sulfonamides is 1. The van der Waals surface area contributed by atoms with Gasteiger partial charge in [-0.25, -0.2) is 13.4 Å². The molecule has 1 aromatic heterocycles. The van der Waals surface area contributed by atoms with E-state index >= 15 is 0 Å². The number of thiazole rings is 1. The lowest BCUT2D eigenvalue weighted by molar-refractivity contribution is -0.0586. The molecule has 2 heterocycles. The normalized spacial score (nSPS) is 24.8. The minimum absolute atomic E-state index is 0.0295. The van der Waals surface area contributed by atoms with Gasteiger partial charge in [-0.1, -0.05) is 40.9 Å². The molecule has 0 spiro atoms. The Bertz CT molecular complexity index is 849. The summed E-state index contributed by atoms with van der Waals surface area (Å²) in [6, 6.07) is 7.68. The number of nitrogens with zero attached hydrogens (tertiary/aromatic N) is 2. The van der Waals surface area contributed by atoms with Gasteiger partial charge < -0.3 is 4.74 Å². The van der Waals surface area contributed by atoms with Crippen LogP contribution in [0.1, 0.15) is 25.7 Å². The number of fused-ring (bicyclic) bond motifs is 1. The summed E-state index contributed by atoms with van der Waals surface area (Å²) < 4.78 is 34.7. The van der Waals surface area contributed by atoms with Crippen molar-refractivity contribution in [1.82, 2.24) is 9.29 Å². The van der Waals surface area contributed by atoms with Crippen molar-refractivity contribution in [3.63, 3.8) is 0 Å². The van der Waals surface area contributed by atoms with Gasteiger partial charge in [-0.2, -0.15) is 4.31 Å². The molecule has 0 bridgehead atoms. The summed E-state index contributed by atoms with van der Waals surface area (Å²) in [7, 11) is -3.58. The molecule has 1 aromatic carbocycles. The van der Waals surface area contributed by atoms with Gasteiger partial charge >= 0.3 is 0 Å². The summed E-state index contributed by atoms with van der Waals surface area (Å²) >= 11 is 4.77. The van der Waals surface area contributed by atoms with Crippen LogP contribution in [-0.2, 0) is 14.8 Å². The van der Waals surface area contributed by atoms with Crippen LogP contribution in [0.25, 0.3) is 10.6 Å². The Kier molecular flexibility index (Phi) is 4.98. The summed E-state index contributed by atoms with van der Waals surface area (Å²) in [5.74, 6) is 0. The van der Waals surface area contributed by atoms with Gasteiger partial charge in [0.15, 0.2) is 5.03 Å². The van der Waals surface area contributed by atoms with E-state index < -0.39 is 10.0 Å². The predicted octanol–water partition coefficient (Wildman–Crippen LogP) is 3.90. The smallest absolute Gasteiger partial charge is 0.261 e. The van der Waals surface area contributed by atoms with Crippen LogP contribution in [0.3, 0.4) is 0 Å². The van der Waals surface area contributed by atoms with Gasteiger partial charge in [-0.15, -0.1) is 11.3 Å². The number of hydrogen-bond acceptors (Lipinski definition) is 5. The molecular formula is C17H19BrN2O3S2. The zero-order valence-electron chi connectivity index (χ0n) is 13.6. The largest absolute Gasteiger partial charge is 0.375 e. The lowest BCUT2D eigenvalue weighted by Crippen LogP contribution is -2.54. The summed E-state index contributed by atoms with van der Waals surface area (Å²) in [4.78, 5) is 4.43. The maximum absolute atomic E-state index is 13.1. The molecule has 1 saturated heterocycles. The predicted molar refractivity (Wildman–Crippen MR) is 101 cm³/mol. The molecule has 2 atom stereocenters. The molecule has 4 rings (SSSR count). The Balaban J connectivity index is 1.63. The highest BCUT2D eigenvalue weighted by Gasteiger charge is 2.41. The summed E-state index contributed by atoms with van der Waals surface area (Å²) in [5, 5.41) is 2.53. The molecule has 1 aliphatic heterocycles. The van der Waals surface area contributed by atoms with E-state index in [9.17, 15) is 8.42 Å². The van der Waals surface area contributed by atoms with E-state index in [2.05, 4.69) is 20.9 Å². The van der Waals surface area contributed by atoms with Crippen LogP contribution in [-0.4, -0.2) is 43.0 Å². The van der Waals surface area contributed by atoms with Crippen molar-refractivity contribution < 1.29 is 13.2 Å². The van der Waals surface area contributed by atoms with Gasteiger partial charge in [0.25, 0.3) is 10.0 Å². The number of morpholine rings is 1. The SMILES string of the molecule is O=S(=O)(c1csc(-c2ccc(Br)cc2)n1)N1CCO[C@@H]2CCCC[C@H]21. The second-order valence-corrected chi connectivity index (χ2v) is 9.99. The fourth-order valence-corrected chi connectivity index (χ4v) is 6.58. The van der Waals surface area contributed by atoms with E-state index in [4.69, 9.17) is 4.74 Å². The third kappa shape index (κ3) is 3.42. The second-order valence-electron chi connectivity index (χ2n) is 6.37. The molecule has 0 radical (unpaired) electrons. The molecule has 1 saturated carbocycles. The van der Waals surface area contributed by atoms with Gasteiger partial charge in [-0.3, -0.25) is 0 Å². The van der Waals surface area contributed by atoms with E-state index in [1.54, 1.807) is 9.69 Å². The van der Waals surface area contributed by atoms with Gasteiger partial charge in [0.1, 0.15) is 5.01 Å². The number of ether oxygens (including phenoxy) is 1. The molecule has 0 amide bonds. The first-order chi connectivity index (χ1) is 12.1. The third-order valence-corrected chi connectivity index (χ3v) is 8.21. The van der Waals surface area contributed by atoms with E-state index in [0.717, 1.165) is 40.7 Å². The van der Waals surface area contributed by atoms with Crippen LogP contribution in [0.2, 0.25) is 0 Å². The minimum Gasteiger partial charge on any atom is -0.375 e. The summed E-state index contributed by atoms with van der Waals surface area (Å²) in [5.41, 5.74) is 0.923. The van der Waals surface area contributed by atoms with E-state index in [1.165, 1.54) is 11.3 Å². The maximum atomic E-state index is 13.1. The molecule has 5 nitrogen and oxygen atoms in total. The quantitative estimate of drug-likeness (QED) is 0.722. The number of hydrogen-bond donors (Lipinski definition) is 0. The fraction of sp³-hybridized carbons (Fsp3) is 0.471. The zero-order chi connectivity index (χ0) is 17.4. The lowest BCUT2D eigenvalue weighted by Gasteiger charge is -2.42. The molecule has 2 fully saturated rings. The van der Waals surface area contributed by atoms with Crippen molar-refractivity contribution in [3.8, 4) is 10.6 Å². The van der Waals surface area contributed by atoms with Crippen LogP contribution in [0.4, 0.5) is 0 Å². The average molecular weight is 443 g/mol. The number of halogens is 1. The molecule has 2 aliphatic rings. The van der Waals surface area contributed by atoms with E-state index in [1.807, 2.05) is 24.3 Å². The Morgan fingerprint density at radius 3 is 2.76 bits per heavy atom. The van der Waals surface area contributed by atoms with Crippen LogP contribution < -0.4 is 0 Å². The van der Waals surface area contributed by atoms with E-state index in [-0.39, 0.29) is 17.2 Å². The van der Waals surface area contributed by atoms with Crippen LogP contribution in [0, 0.1) is 0 Å². The van der Waals surface area contributed by atoms with Crippen LogP contribution in [0.5, 0.6) is 0 Å². The molecule has 0 unspecified atom stereocenters. The molecule has 2 aromatic rings. The first-order valence-corrected chi connectivity index (χ1v) is 11.5. The number of rotatable bonds is 3. The fourth-order valence-electron chi connectivity index (χ4n) is 3.58. The maximum Gasteiger partial charge on any atom is 0.261 e. The van der Waals surface area contributed by atoms with Crippen molar-refractivity contribution in [2.45, 2.75) is 42.9 Å². The van der Waals surface area contributed by atoms with Crippen molar-refractivity contribution in [2.75, 3.05) is 13.2 Å². The Morgan fingerprint density at radius 1 is 1.20 bits per heavy atom. The number of benzene rings is 1. The number of aromatic nitrogens is 1. The highest BCUT2D eigenvalue weighted by molar-refractivity contribution is 9.10. The Labute approximate surface area is 160 Å². The van der Waals surface area contributed by atoms with Crippen molar-refractivity contribution >= 4 is 37.3 Å². The molecule has 134 valence electrons. The standard InChI is InChI=1S/C17H19BrN2O3S2/c18-13-7-5-12(6-8-13)17-19-16(11-24-17)25(21,22)20-9-10-23-15-4-2-1-3-14(15)20/h5-8,11,14-15H,1-4,9-10H2/t14-,15-/m1/s1. The lowest BCUT2D eigenvalue weighted by atomic mass is 9.91. The monoisotopic (exact) mass is 442 g/mol. The molecule has 1 aliphatic carbocycles. The highest BCUT2D eigenvalue weighted by Crippen LogP contribution is 2.34. The van der Waals surface area contributed by atoms with Crippen LogP contribution in [0.15, 0.2) is 39.1 Å². The molecule has 25 heavy (non-hydrogen) atoms. The van der Waals surface area contributed by atoms with Gasteiger partial charge in [0, 0.05) is 22.0 Å². The molecule has 8 heteroatoms. The third-order valence-electron chi connectivity index (χ3n) is 4.83. The van der Waals surface area contributed by atoms with Crippen molar-refractivity contribution in [2.24, 2.45) is 0 Å². The Morgan fingerprint density at radius 2 is 1.96 bits per heavy atom. The second kappa shape index (κ2) is 7.08. The highest BCUT2D eigenvalue weighted by atomic mass is 79.9. The molecular weight excluding hydrogens is 424 g/mol. The Hall–Kier alpha value is -0.800. The van der Waals surface area contributed by atoms with Crippen molar-refractivity contribution in [3.05, 3.63) is 34.1 Å². The van der Waals surface area contributed by atoms with Gasteiger partial charge in [0.2, 0.25) is 0 Å². The van der Waals surface area contributed by atoms with Gasteiger partial charge in [0.05, 0.1) is 18.8 Å². The minimum atomic E-state index is -3.58. The summed E-state index contributed by atoms with van der Waals surface area (Å²) in [6.07, 6.45) is 4.00. The van der Waals surface area contributed by atoms with E-state index in [0.29, 0.717) is 13.2 Å². The zero-order valence-corrected chi connectivity index (χ0v) is 16.8. The first-order valence-electron chi connectivity index (χ1n) is 8.40. The topological polar surface area (TPSA) is 59.5 Å². The van der Waals surface area contributed by atoms with Crippen molar-refractivity contribution in [1.29, 1.82) is 0 Å². The first kappa shape index (κ1) is 17.6. The average Bonchev–Trinajstić information content (AvgIpc) is 3.13. The van der Waals surface area contributed by atoms with Crippen LogP contribution >= 0.6 is 27.3 Å². The molecule has 0 N–H and O–H groups in total.